The number of benzene rings is 2. The maximum Gasteiger partial charge on any atom is 0.137 e. The molecule has 0 aromatic heterocycles. The molecule has 0 bridgehead atoms. The molecule has 4 rings (SSSR count). The van der Waals surface area contributed by atoms with Crippen LogP contribution in [0.2, 0.25) is 0 Å². The Hall–Kier alpha value is -1.86. The molecule has 142 valence electrons. The Morgan fingerprint density at radius 3 is 2.63 bits per heavy atom. The van der Waals surface area contributed by atoms with Gasteiger partial charge in [-0.2, -0.15) is 0 Å². The number of ether oxygens (including phenoxy) is 1. The molecule has 1 N–H and O–H groups in total. The molecule has 5 nitrogen and oxygen atoms in total. The number of para-hydroxylation sites is 1. The summed E-state index contributed by atoms with van der Waals surface area (Å²) in [6.07, 6.45) is 0. The molecule has 0 unspecified atom stereocenters. The number of rotatable bonds is 5. The third-order valence-electron chi connectivity index (χ3n) is 3.88. The maximum absolute atomic E-state index is 9.11. The fraction of sp³-hybridized carbons (Fsp3) is 0.381. The van der Waals surface area contributed by atoms with Crippen molar-refractivity contribution >= 4 is 23.3 Å². The monoisotopic (exact) mass is 393 g/mol. The smallest absolute Gasteiger partial charge is 0.137 e. The number of aliphatic hydroxyl groups excluding tert-OH is 1. The summed E-state index contributed by atoms with van der Waals surface area (Å²) < 4.78 is 87.5. The highest BCUT2D eigenvalue weighted by Gasteiger charge is 2.24. The third-order valence-corrected chi connectivity index (χ3v) is 5.02. The summed E-state index contributed by atoms with van der Waals surface area (Å²) in [5, 5.41) is 9.11. The minimum Gasteiger partial charge on any atom is -0.394 e. The fourth-order valence-corrected chi connectivity index (χ4v) is 3.67. The highest BCUT2D eigenvalue weighted by atomic mass is 32.2. The van der Waals surface area contributed by atoms with Crippen LogP contribution in [0.25, 0.3) is 0 Å². The van der Waals surface area contributed by atoms with E-state index >= 15 is 0 Å². The molecule has 2 aliphatic heterocycles. The van der Waals surface area contributed by atoms with Gasteiger partial charge >= 0.3 is 0 Å². The van der Waals surface area contributed by atoms with Gasteiger partial charge in [0.2, 0.25) is 0 Å². The summed E-state index contributed by atoms with van der Waals surface area (Å²) >= 11 is 1.41. The Kier molecular flexibility index (Phi) is 3.31. The lowest BCUT2D eigenvalue weighted by molar-refractivity contribution is 0.0652. The van der Waals surface area contributed by atoms with E-state index in [0.29, 0.717) is 16.2 Å². The van der Waals surface area contributed by atoms with E-state index in [4.69, 9.17) is 18.8 Å². The van der Waals surface area contributed by atoms with Crippen LogP contribution in [0, 0.1) is 0 Å². The van der Waals surface area contributed by atoms with Gasteiger partial charge in [0.15, 0.2) is 0 Å². The molecule has 2 aliphatic rings. The molecule has 2 heterocycles. The number of piperazine rings is 1. The molecule has 0 atom stereocenters. The van der Waals surface area contributed by atoms with Crippen LogP contribution in [0.4, 0.5) is 5.69 Å². The second kappa shape index (κ2) is 8.89. The molecule has 0 aliphatic carbocycles. The normalized spacial score (nSPS) is 27.9. The van der Waals surface area contributed by atoms with Crippen LogP contribution >= 0.6 is 11.8 Å². The van der Waals surface area contributed by atoms with Gasteiger partial charge < -0.3 is 14.7 Å². The number of aliphatic hydroxyl groups is 1. The van der Waals surface area contributed by atoms with Crippen molar-refractivity contribution in [2.75, 3.05) is 52.3 Å². The van der Waals surface area contributed by atoms with E-state index in [2.05, 4.69) is 9.73 Å². The summed E-state index contributed by atoms with van der Waals surface area (Å²) in [4.78, 5) is 7.64. The second-order valence-corrected chi connectivity index (χ2v) is 6.71. The summed E-state index contributed by atoms with van der Waals surface area (Å²) in [5.74, 6) is 0.0131. The molecule has 0 spiro atoms. The third kappa shape index (κ3) is 4.35. The van der Waals surface area contributed by atoms with Gasteiger partial charge in [0, 0.05) is 50.7 Å². The van der Waals surface area contributed by atoms with Gasteiger partial charge in [-0.3, -0.25) is 4.90 Å². The van der Waals surface area contributed by atoms with E-state index in [9.17, 15) is 0 Å². The molecule has 6 heteroatoms. The van der Waals surface area contributed by atoms with Crippen LogP contribution < -0.4 is 0 Å². The van der Waals surface area contributed by atoms with Crippen LogP contribution in [0.3, 0.4) is 0 Å². The number of amidine groups is 1. The average Bonchev–Trinajstić information content (AvgIpc) is 2.93. The van der Waals surface area contributed by atoms with Crippen molar-refractivity contribution in [3.63, 3.8) is 0 Å². The van der Waals surface area contributed by atoms with Crippen molar-refractivity contribution in [3.05, 3.63) is 54.1 Å². The predicted molar refractivity (Wildman–Crippen MR) is 109 cm³/mol. The van der Waals surface area contributed by atoms with E-state index in [1.165, 1.54) is 11.8 Å². The first-order valence-electron chi connectivity index (χ1n) is 13.3. The van der Waals surface area contributed by atoms with Crippen molar-refractivity contribution in [3.8, 4) is 0 Å². The zero-order valence-corrected chi connectivity index (χ0v) is 15.2. The topological polar surface area (TPSA) is 48.3 Å². The van der Waals surface area contributed by atoms with Crippen LogP contribution in [0.1, 0.15) is 19.3 Å². The van der Waals surface area contributed by atoms with E-state index in [0.717, 1.165) is 14.7 Å². The van der Waals surface area contributed by atoms with Crippen LogP contribution in [0.15, 0.2) is 63.3 Å². The molecule has 0 radical (unpaired) electrons. The van der Waals surface area contributed by atoms with E-state index < -0.39 is 52.3 Å². The van der Waals surface area contributed by atoms with Gasteiger partial charge in [0.1, 0.15) is 5.84 Å². The largest absolute Gasteiger partial charge is 0.394 e. The zero-order valence-electron chi connectivity index (χ0n) is 24.3. The summed E-state index contributed by atoms with van der Waals surface area (Å²) in [5.41, 5.74) is 1.00. The van der Waals surface area contributed by atoms with Gasteiger partial charge in [0.25, 0.3) is 0 Å². The Labute approximate surface area is 178 Å². The predicted octanol–water partition coefficient (Wildman–Crippen LogP) is 2.86. The first-order chi connectivity index (χ1) is 17.0. The summed E-state index contributed by atoms with van der Waals surface area (Å²) in [6.45, 7) is -17.4. The second-order valence-electron chi connectivity index (χ2n) is 5.63. The number of hydrogen-bond acceptors (Lipinski definition) is 6. The van der Waals surface area contributed by atoms with E-state index in [1.807, 2.05) is 18.2 Å². The van der Waals surface area contributed by atoms with Crippen LogP contribution in [0.5, 0.6) is 0 Å². The van der Waals surface area contributed by atoms with Crippen molar-refractivity contribution < 1.29 is 23.6 Å². The first-order valence-corrected chi connectivity index (χ1v) is 9.14. The lowest BCUT2D eigenvalue weighted by atomic mass is 10.1. The number of hydrogen-bond donors (Lipinski definition) is 1. The lowest BCUT2D eigenvalue weighted by Gasteiger charge is -2.36. The summed E-state index contributed by atoms with van der Waals surface area (Å²) in [7, 11) is 0. The van der Waals surface area contributed by atoms with E-state index in [1.54, 1.807) is 30.3 Å². The van der Waals surface area contributed by atoms with Crippen molar-refractivity contribution in [1.29, 1.82) is 0 Å². The Morgan fingerprint density at radius 2 is 1.81 bits per heavy atom. The molecule has 1 saturated heterocycles. The van der Waals surface area contributed by atoms with Crippen LogP contribution in [-0.2, 0) is 4.74 Å². The highest BCUT2D eigenvalue weighted by Crippen LogP contribution is 2.40. The lowest BCUT2D eigenvalue weighted by Crippen LogP contribution is -2.49. The molecule has 2 aromatic carbocycles. The first kappa shape index (κ1) is 10.1. The van der Waals surface area contributed by atoms with E-state index in [-0.39, 0.29) is 5.84 Å². The Balaban J connectivity index is 1.77. The number of nitrogens with zero attached hydrogens (tertiary/aromatic N) is 3. The minimum atomic E-state index is -3.37. The molecular weight excluding hydrogens is 358 g/mol. The summed E-state index contributed by atoms with van der Waals surface area (Å²) in [6, 6.07) is 14.2. The minimum absolute atomic E-state index is 0.0131. The SMILES string of the molecule is [2H]C([2H])(CO)OC([2H])([2H])C([2H])([2H])N1CC([2H])([2H])N(C2=Nc3ccccc3Sc3ccccc32)C([2H])([2H])C1. The van der Waals surface area contributed by atoms with Gasteiger partial charge in [-0.15, -0.1) is 0 Å². The van der Waals surface area contributed by atoms with Gasteiger partial charge in [-0.05, 0) is 18.2 Å². The molecule has 1 fully saturated rings. The zero-order chi connectivity index (χ0) is 27.4. The van der Waals surface area contributed by atoms with Crippen molar-refractivity contribution in [2.45, 2.75) is 9.79 Å². The molecule has 0 amide bonds. The quantitative estimate of drug-likeness (QED) is 0.846. The number of fused-ring (bicyclic) bond motifs is 2. The average molecular weight is 394 g/mol. The van der Waals surface area contributed by atoms with Gasteiger partial charge in [-0.1, -0.05) is 42.1 Å². The molecular formula is C21H25N3O2S. The molecule has 27 heavy (non-hydrogen) atoms. The van der Waals surface area contributed by atoms with Gasteiger partial charge in [0.05, 0.1) is 36.4 Å². The Bertz CT molecular complexity index is 1190. The van der Waals surface area contributed by atoms with Crippen molar-refractivity contribution in [1.82, 2.24) is 9.80 Å². The standard InChI is InChI=1S/C21H25N3O2S/c25-14-16-26-15-13-23-9-11-24(12-10-23)21-17-5-1-3-7-19(17)27-20-8-4-2-6-18(20)22-21/h1-8,25H,9-16H2/i11D2,12D2,13D2,15D2,16D2. The molecule has 2 aromatic rings. The van der Waals surface area contributed by atoms with Crippen LogP contribution in [-0.4, -0.2) is 73.0 Å². The highest BCUT2D eigenvalue weighted by molar-refractivity contribution is 7.99. The van der Waals surface area contributed by atoms with Crippen molar-refractivity contribution in [2.24, 2.45) is 4.99 Å². The number of aliphatic imine (C=N–C) groups is 1. The van der Waals surface area contributed by atoms with Gasteiger partial charge in [-0.25, -0.2) is 4.99 Å². The Morgan fingerprint density at radius 1 is 1.07 bits per heavy atom. The maximum atomic E-state index is 9.11. The molecule has 0 saturated carbocycles. The fourth-order valence-electron chi connectivity index (χ4n) is 2.65.